The Morgan fingerprint density at radius 2 is 1.27 bits per heavy atom. The molecule has 0 N–H and O–H groups in total. The molecule has 0 radical (unpaired) electrons. The molecule has 3 heterocycles. The van der Waals surface area contributed by atoms with Gasteiger partial charge in [-0.3, -0.25) is 4.57 Å². The molecule has 0 bridgehead atoms. The van der Waals surface area contributed by atoms with Gasteiger partial charge in [0.15, 0.2) is 0 Å². The lowest BCUT2D eigenvalue weighted by Crippen LogP contribution is -2.29. The monoisotopic (exact) mass is 945 g/mol. The third-order valence-electron chi connectivity index (χ3n) is 13.1. The van der Waals surface area contributed by atoms with Crippen LogP contribution in [0.4, 0.5) is 17.1 Å². The van der Waals surface area contributed by atoms with E-state index in [1.165, 1.54) is 18.3 Å². The Morgan fingerprint density at radius 1 is 0.577 bits per heavy atom. The molecule has 0 fully saturated rings. The van der Waals surface area contributed by atoms with Crippen LogP contribution in [0.5, 0.6) is 5.75 Å². The molecule has 0 saturated carbocycles. The average molecular weight is 945 g/mol. The molecular weight excluding hydrogens is 865 g/mol. The second-order valence-corrected chi connectivity index (χ2v) is 17.6. The first kappa shape index (κ1) is 29.3. The standard InChI is InChI=1S/C66H62N4O/c1-46(2)37-53-26-17-29-57(50-22-10-6-11-23-50)58(53)30-18-36-68-45-69(63-35-32-52(40-65(63)68)49-20-8-5-9-21-49)55-27-16-19-48(39-55)44-71-56-33-34-60-59-28-14-15-31-62(59)70(64(60)42-56)66-41-54(38-47(3)4)61(43-67-66)51-24-12-7-13-25-51/h5-17,19-29,31-35,39-43,46-47H,18,30,36-38,44-45H2,1-4H3/i1D3,2D3,3D3,4D3,37D2,38D2,46D,47D. The van der Waals surface area contributed by atoms with Crippen molar-refractivity contribution in [2.24, 2.45) is 11.8 Å². The van der Waals surface area contributed by atoms with Crippen LogP contribution in [-0.2, 0) is 25.8 Å². The van der Waals surface area contributed by atoms with Gasteiger partial charge in [0, 0.05) is 65.5 Å². The first-order chi connectivity index (χ1) is 42.0. The largest absolute Gasteiger partial charge is 0.489 e. The number of nitrogens with zero attached hydrogens (tertiary/aromatic N) is 4. The molecule has 11 rings (SSSR count). The summed E-state index contributed by atoms with van der Waals surface area (Å²) in [6.45, 7) is -13.3. The predicted octanol–water partition coefficient (Wildman–Crippen LogP) is 16.7. The highest BCUT2D eigenvalue weighted by atomic mass is 16.5. The molecular formula is C66H62N4O. The fourth-order valence-electron chi connectivity index (χ4n) is 9.91. The fraction of sp³-hybridized carbons (Fsp3) is 0.197. The van der Waals surface area contributed by atoms with Crippen molar-refractivity contribution < 1.29 is 29.4 Å². The lowest BCUT2D eigenvalue weighted by Gasteiger charge is -2.23. The number of ether oxygens (including phenoxy) is 1. The van der Waals surface area contributed by atoms with Crippen LogP contribution in [-0.4, -0.2) is 22.8 Å². The molecule has 0 spiro atoms. The number of aromatic nitrogens is 2. The normalized spacial score (nSPS) is 17.6. The molecule has 0 atom stereocenters. The molecule has 5 heteroatoms. The van der Waals surface area contributed by atoms with Gasteiger partial charge in [-0.2, -0.15) is 0 Å². The summed E-state index contributed by atoms with van der Waals surface area (Å²) in [4.78, 5) is 9.24. The summed E-state index contributed by atoms with van der Waals surface area (Å²) in [6.07, 6.45) is -4.42. The van der Waals surface area contributed by atoms with Crippen LogP contribution >= 0.6 is 0 Å². The minimum absolute atomic E-state index is 0.126. The van der Waals surface area contributed by atoms with E-state index in [1.54, 1.807) is 47.0 Å². The van der Waals surface area contributed by atoms with E-state index in [-0.39, 0.29) is 35.5 Å². The number of hydrogen-bond donors (Lipinski definition) is 0. The summed E-state index contributed by atoms with van der Waals surface area (Å²) >= 11 is 0. The Hall–Kier alpha value is -7.89. The van der Waals surface area contributed by atoms with E-state index in [1.807, 2.05) is 127 Å². The lowest BCUT2D eigenvalue weighted by atomic mass is 9.89. The van der Waals surface area contributed by atoms with Crippen molar-refractivity contribution >= 4 is 38.9 Å². The molecule has 0 amide bonds. The van der Waals surface area contributed by atoms with Crippen LogP contribution in [0.25, 0.3) is 61.0 Å². The number of pyridine rings is 1. The molecule has 5 nitrogen and oxygen atoms in total. The van der Waals surface area contributed by atoms with Crippen LogP contribution in [0.1, 0.15) is 80.8 Å². The van der Waals surface area contributed by atoms with E-state index < -0.39 is 51.9 Å². The van der Waals surface area contributed by atoms with E-state index >= 15 is 0 Å². The van der Waals surface area contributed by atoms with Crippen molar-refractivity contribution in [2.75, 3.05) is 23.0 Å². The summed E-state index contributed by atoms with van der Waals surface area (Å²) in [5, 5.41) is 1.61. The number of fused-ring (bicyclic) bond motifs is 4. The van der Waals surface area contributed by atoms with Crippen LogP contribution in [0.15, 0.2) is 206 Å². The Morgan fingerprint density at radius 3 is 2.04 bits per heavy atom. The van der Waals surface area contributed by atoms with E-state index in [9.17, 15) is 5.48 Å². The summed E-state index contributed by atoms with van der Waals surface area (Å²) in [5.74, 6) is -6.49. The van der Waals surface area contributed by atoms with Gasteiger partial charge in [-0.25, -0.2) is 4.98 Å². The maximum absolute atomic E-state index is 9.41. The summed E-state index contributed by atoms with van der Waals surface area (Å²) < 4.78 is 163. The Labute approximate surface area is 444 Å². The van der Waals surface area contributed by atoms with Crippen molar-refractivity contribution in [3.63, 3.8) is 0 Å². The molecule has 352 valence electrons. The molecule has 71 heavy (non-hydrogen) atoms. The topological polar surface area (TPSA) is 33.5 Å². The number of benzene rings is 8. The zero-order valence-corrected chi connectivity index (χ0v) is 38.9. The van der Waals surface area contributed by atoms with Crippen LogP contribution < -0.4 is 14.5 Å². The van der Waals surface area contributed by atoms with Gasteiger partial charge in [-0.1, -0.05) is 173 Å². The molecule has 10 aromatic rings. The minimum atomic E-state index is -3.60. The van der Waals surface area contributed by atoms with Gasteiger partial charge >= 0.3 is 0 Å². The number of para-hydroxylation sites is 1. The van der Waals surface area contributed by atoms with Crippen molar-refractivity contribution in [3.8, 4) is 44.9 Å². The average Bonchev–Trinajstić information content (AvgIpc) is 1.43. The maximum Gasteiger partial charge on any atom is 0.137 e. The highest BCUT2D eigenvalue weighted by Gasteiger charge is 2.28. The highest BCUT2D eigenvalue weighted by Crippen LogP contribution is 2.44. The summed E-state index contributed by atoms with van der Waals surface area (Å²) in [5.41, 5.74) is 8.63. The zero-order chi connectivity index (χ0) is 63.7. The van der Waals surface area contributed by atoms with Gasteiger partial charge in [0.25, 0.3) is 0 Å². The molecule has 0 aliphatic carbocycles. The first-order valence-electron chi connectivity index (χ1n) is 32.7. The SMILES string of the molecule is [2H]C([2H])([2H])C([2H])(C([2H])([2H])[2H])C([2H])([2H])c1cc(-n2c3ccccc3c3ccc(OCc4cccc(N5CN(CCCc6c(-c7ccccc7)cccc6C([2H])([2H])C([2H])(C([2H])([2H])[2H])C([2H])([2H])[2H])c6cc(-c7ccccc7)ccc65)c4)cc32)ncc1-c1ccccc1. The third-order valence-corrected chi connectivity index (χ3v) is 13.1. The number of hydrogen-bond acceptors (Lipinski definition) is 4. The van der Waals surface area contributed by atoms with Gasteiger partial charge < -0.3 is 14.5 Å². The highest BCUT2D eigenvalue weighted by molar-refractivity contribution is 6.09. The Bertz CT molecular complexity index is 4190. The molecule has 0 saturated heterocycles. The van der Waals surface area contributed by atoms with Crippen LogP contribution in [0.3, 0.4) is 0 Å². The van der Waals surface area contributed by atoms with E-state index in [0.717, 1.165) is 50.1 Å². The van der Waals surface area contributed by atoms with Gasteiger partial charge in [0.2, 0.25) is 0 Å². The number of anilines is 3. The molecule has 2 aromatic heterocycles. The Balaban J connectivity index is 0.914. The van der Waals surface area contributed by atoms with Crippen molar-refractivity contribution in [3.05, 3.63) is 229 Å². The van der Waals surface area contributed by atoms with Gasteiger partial charge in [0.1, 0.15) is 18.2 Å². The molecule has 8 aromatic carbocycles. The molecule has 1 aliphatic rings. The van der Waals surface area contributed by atoms with Crippen molar-refractivity contribution in [2.45, 2.75) is 59.6 Å². The van der Waals surface area contributed by atoms with E-state index in [4.69, 9.17) is 28.9 Å². The zero-order valence-electron chi connectivity index (χ0n) is 56.9. The Kier molecular flexibility index (Phi) is 8.35. The first-order valence-corrected chi connectivity index (χ1v) is 23.7. The maximum atomic E-state index is 9.41. The van der Waals surface area contributed by atoms with E-state index in [2.05, 4.69) is 28.0 Å². The van der Waals surface area contributed by atoms with Crippen LogP contribution in [0.2, 0.25) is 0 Å². The minimum Gasteiger partial charge on any atom is -0.489 e. The van der Waals surface area contributed by atoms with Gasteiger partial charge in [0.05, 0.1) is 29.1 Å². The predicted molar refractivity (Wildman–Crippen MR) is 298 cm³/mol. The van der Waals surface area contributed by atoms with Crippen molar-refractivity contribution in [1.82, 2.24) is 9.55 Å². The quantitative estimate of drug-likeness (QED) is 0.0966. The van der Waals surface area contributed by atoms with Crippen molar-refractivity contribution in [1.29, 1.82) is 0 Å². The summed E-state index contributed by atoms with van der Waals surface area (Å²) in [6, 6.07) is 61.2. The smallest absolute Gasteiger partial charge is 0.137 e. The van der Waals surface area contributed by atoms with Gasteiger partial charge in [-0.15, -0.1) is 0 Å². The second kappa shape index (κ2) is 20.2. The third kappa shape index (κ3) is 9.57. The van der Waals surface area contributed by atoms with Crippen LogP contribution in [0, 0.1) is 11.8 Å². The summed E-state index contributed by atoms with van der Waals surface area (Å²) in [7, 11) is 0. The number of rotatable bonds is 16. The van der Waals surface area contributed by atoms with E-state index in [0.29, 0.717) is 53.1 Å². The molecule has 0 unspecified atom stereocenters. The fourth-order valence-corrected chi connectivity index (χ4v) is 9.91. The van der Waals surface area contributed by atoms with Gasteiger partial charge in [-0.05, 0) is 136 Å². The molecule has 1 aliphatic heterocycles. The second-order valence-electron chi connectivity index (χ2n) is 17.6. The lowest BCUT2D eigenvalue weighted by molar-refractivity contribution is 0.306.